The van der Waals surface area contributed by atoms with E-state index in [4.69, 9.17) is 0 Å². The number of thiophene rings is 1. The van der Waals surface area contributed by atoms with Gasteiger partial charge in [-0.25, -0.2) is 9.59 Å². The zero-order valence-electron chi connectivity index (χ0n) is 11.7. The second-order valence-electron chi connectivity index (χ2n) is 4.63. The van der Waals surface area contributed by atoms with E-state index in [2.05, 4.69) is 5.32 Å². The van der Waals surface area contributed by atoms with Crippen molar-refractivity contribution in [1.82, 2.24) is 5.32 Å². The molecule has 1 atom stereocenters. The summed E-state index contributed by atoms with van der Waals surface area (Å²) < 4.78 is 0. The number of carboxylic acid groups (broad SMARTS) is 1. The van der Waals surface area contributed by atoms with Gasteiger partial charge in [0.25, 0.3) is 0 Å². The molecule has 0 aliphatic carbocycles. The molecule has 2 amide bonds. The summed E-state index contributed by atoms with van der Waals surface area (Å²) in [7, 11) is 1.61. The number of nitrogens with one attached hydrogen (secondary N) is 1. The standard InChI is InChI=1S/C15H16N2O3S/c1-10-5-3-6-11(9-10)17(2)15(20)16-13(14(18)19)12-7-4-8-21-12/h3-9,13H,1-2H3,(H,16,20)(H,18,19). The fourth-order valence-electron chi connectivity index (χ4n) is 1.88. The van der Waals surface area contributed by atoms with Crippen LogP contribution < -0.4 is 10.2 Å². The lowest BCUT2D eigenvalue weighted by atomic mass is 10.2. The lowest BCUT2D eigenvalue weighted by Gasteiger charge is -2.21. The van der Waals surface area contributed by atoms with Crippen molar-refractivity contribution in [2.24, 2.45) is 0 Å². The second kappa shape index (κ2) is 6.41. The Hall–Kier alpha value is -2.34. The SMILES string of the molecule is Cc1cccc(N(C)C(=O)NC(C(=O)O)c2cccs2)c1. The van der Waals surface area contributed by atoms with Crippen molar-refractivity contribution >= 4 is 29.0 Å². The van der Waals surface area contributed by atoms with Crippen molar-refractivity contribution < 1.29 is 14.7 Å². The number of carboxylic acids is 1. The highest BCUT2D eigenvalue weighted by Crippen LogP contribution is 2.20. The molecule has 0 aliphatic heterocycles. The van der Waals surface area contributed by atoms with E-state index in [1.54, 1.807) is 30.6 Å². The van der Waals surface area contributed by atoms with Gasteiger partial charge in [0.05, 0.1) is 0 Å². The first-order valence-corrected chi connectivity index (χ1v) is 7.24. The summed E-state index contributed by atoms with van der Waals surface area (Å²) in [5.74, 6) is -1.08. The Balaban J connectivity index is 2.14. The predicted octanol–water partition coefficient (Wildman–Crippen LogP) is 3.03. The van der Waals surface area contributed by atoms with Crippen molar-refractivity contribution in [2.45, 2.75) is 13.0 Å². The molecular weight excluding hydrogens is 288 g/mol. The van der Waals surface area contributed by atoms with Crippen LogP contribution in [0.3, 0.4) is 0 Å². The summed E-state index contributed by atoms with van der Waals surface area (Å²) in [4.78, 5) is 25.5. The first-order valence-electron chi connectivity index (χ1n) is 6.36. The van der Waals surface area contributed by atoms with Gasteiger partial charge in [0.1, 0.15) is 0 Å². The first-order chi connectivity index (χ1) is 9.99. The third-order valence-corrected chi connectivity index (χ3v) is 3.97. The van der Waals surface area contributed by atoms with Gasteiger partial charge in [0.15, 0.2) is 6.04 Å². The van der Waals surface area contributed by atoms with Gasteiger partial charge in [0, 0.05) is 17.6 Å². The van der Waals surface area contributed by atoms with Crippen LogP contribution in [0.1, 0.15) is 16.5 Å². The van der Waals surface area contributed by atoms with Gasteiger partial charge < -0.3 is 10.4 Å². The van der Waals surface area contributed by atoms with Crippen molar-refractivity contribution in [1.29, 1.82) is 0 Å². The number of carbonyl (C=O) groups excluding carboxylic acids is 1. The molecule has 6 heteroatoms. The van der Waals surface area contributed by atoms with E-state index in [9.17, 15) is 14.7 Å². The lowest BCUT2D eigenvalue weighted by Crippen LogP contribution is -2.41. The number of urea groups is 1. The maximum absolute atomic E-state index is 12.2. The normalized spacial score (nSPS) is 11.7. The fourth-order valence-corrected chi connectivity index (χ4v) is 2.65. The predicted molar refractivity (Wildman–Crippen MR) is 82.8 cm³/mol. The molecule has 0 saturated heterocycles. The molecule has 1 aromatic carbocycles. The number of hydrogen-bond acceptors (Lipinski definition) is 3. The smallest absolute Gasteiger partial charge is 0.331 e. The van der Waals surface area contributed by atoms with Gasteiger partial charge in [-0.05, 0) is 36.1 Å². The van der Waals surface area contributed by atoms with Gasteiger partial charge in [-0.1, -0.05) is 18.2 Å². The minimum absolute atomic E-state index is 0.457. The number of carbonyl (C=O) groups is 2. The van der Waals surface area contributed by atoms with Gasteiger partial charge in [-0.15, -0.1) is 11.3 Å². The van der Waals surface area contributed by atoms with Gasteiger partial charge in [-0.3, -0.25) is 4.90 Å². The van der Waals surface area contributed by atoms with Crippen LogP contribution in [0.25, 0.3) is 0 Å². The van der Waals surface area contributed by atoms with Crippen LogP contribution in [-0.2, 0) is 4.79 Å². The summed E-state index contributed by atoms with van der Waals surface area (Å²) in [6.45, 7) is 1.93. The highest BCUT2D eigenvalue weighted by molar-refractivity contribution is 7.10. The second-order valence-corrected chi connectivity index (χ2v) is 5.61. The Morgan fingerprint density at radius 3 is 2.62 bits per heavy atom. The van der Waals surface area contributed by atoms with E-state index in [0.717, 1.165) is 5.56 Å². The summed E-state index contributed by atoms with van der Waals surface area (Å²) in [5.41, 5.74) is 1.74. The highest BCUT2D eigenvalue weighted by atomic mass is 32.1. The van der Waals surface area contributed by atoms with Crippen LogP contribution in [0.5, 0.6) is 0 Å². The number of aryl methyl sites for hydroxylation is 1. The molecule has 5 nitrogen and oxygen atoms in total. The third-order valence-electron chi connectivity index (χ3n) is 3.04. The Labute approximate surface area is 126 Å². The van der Waals surface area contributed by atoms with Crippen molar-refractivity contribution in [3.8, 4) is 0 Å². The summed E-state index contributed by atoms with van der Waals surface area (Å²) in [6.07, 6.45) is 0. The zero-order valence-corrected chi connectivity index (χ0v) is 12.6. The minimum atomic E-state index is -1.08. The Morgan fingerprint density at radius 2 is 2.05 bits per heavy atom. The molecule has 2 rings (SSSR count). The molecule has 0 radical (unpaired) electrons. The highest BCUT2D eigenvalue weighted by Gasteiger charge is 2.24. The van der Waals surface area contributed by atoms with Crippen LogP contribution in [-0.4, -0.2) is 24.2 Å². The Bertz CT molecular complexity index is 640. The number of anilines is 1. The van der Waals surface area contributed by atoms with Gasteiger partial charge in [-0.2, -0.15) is 0 Å². The fraction of sp³-hybridized carbons (Fsp3) is 0.200. The van der Waals surface area contributed by atoms with Crippen molar-refractivity contribution in [3.63, 3.8) is 0 Å². The Morgan fingerprint density at radius 1 is 1.29 bits per heavy atom. The van der Waals surface area contributed by atoms with Crippen LogP contribution in [0.2, 0.25) is 0 Å². The van der Waals surface area contributed by atoms with E-state index < -0.39 is 18.0 Å². The molecule has 2 N–H and O–H groups in total. The van der Waals surface area contributed by atoms with Gasteiger partial charge >= 0.3 is 12.0 Å². The first kappa shape index (κ1) is 15.1. The van der Waals surface area contributed by atoms with E-state index >= 15 is 0 Å². The molecule has 0 fully saturated rings. The summed E-state index contributed by atoms with van der Waals surface area (Å²) in [5, 5.41) is 13.6. The maximum Gasteiger partial charge on any atom is 0.331 e. The van der Waals surface area contributed by atoms with Crippen LogP contribution in [0.15, 0.2) is 41.8 Å². The molecule has 1 aromatic heterocycles. The topological polar surface area (TPSA) is 69.6 Å². The molecule has 2 aromatic rings. The number of nitrogens with zero attached hydrogens (tertiary/aromatic N) is 1. The Kier molecular flexibility index (Phi) is 4.59. The van der Waals surface area contributed by atoms with E-state index in [0.29, 0.717) is 10.6 Å². The average molecular weight is 304 g/mol. The molecule has 0 bridgehead atoms. The van der Waals surface area contributed by atoms with Gasteiger partial charge in [0.2, 0.25) is 0 Å². The number of benzene rings is 1. The van der Waals surface area contributed by atoms with E-state index in [-0.39, 0.29) is 0 Å². The molecule has 110 valence electrons. The van der Waals surface area contributed by atoms with Crippen LogP contribution >= 0.6 is 11.3 Å². The van der Waals surface area contributed by atoms with Crippen LogP contribution in [0.4, 0.5) is 10.5 Å². The number of rotatable bonds is 4. The largest absolute Gasteiger partial charge is 0.479 e. The quantitative estimate of drug-likeness (QED) is 0.912. The van der Waals surface area contributed by atoms with Crippen molar-refractivity contribution in [3.05, 3.63) is 52.2 Å². The minimum Gasteiger partial charge on any atom is -0.479 e. The molecule has 1 unspecified atom stereocenters. The number of amides is 2. The zero-order chi connectivity index (χ0) is 15.4. The van der Waals surface area contributed by atoms with E-state index in [1.165, 1.54) is 16.2 Å². The average Bonchev–Trinajstić information content (AvgIpc) is 2.97. The molecule has 0 saturated carbocycles. The van der Waals surface area contributed by atoms with Crippen LogP contribution in [0, 0.1) is 6.92 Å². The molecule has 0 spiro atoms. The lowest BCUT2D eigenvalue weighted by molar-refractivity contribution is -0.139. The summed E-state index contributed by atoms with van der Waals surface area (Å²) >= 11 is 1.30. The molecule has 1 heterocycles. The molecule has 0 aliphatic rings. The third kappa shape index (κ3) is 3.61. The number of hydrogen-bond donors (Lipinski definition) is 2. The van der Waals surface area contributed by atoms with E-state index in [1.807, 2.05) is 25.1 Å². The number of aliphatic carboxylic acids is 1. The molecular formula is C15H16N2O3S. The van der Waals surface area contributed by atoms with Crippen molar-refractivity contribution in [2.75, 3.05) is 11.9 Å². The monoisotopic (exact) mass is 304 g/mol. The summed E-state index contributed by atoms with van der Waals surface area (Å²) in [6, 6.07) is 9.39. The molecule has 21 heavy (non-hydrogen) atoms. The maximum atomic E-state index is 12.2.